The van der Waals surface area contributed by atoms with E-state index in [1.54, 1.807) is 0 Å². The number of carbonyl (C=O) groups excluding carboxylic acids is 1. The number of nitrogens with one attached hydrogen (secondary N) is 1. The van der Waals surface area contributed by atoms with Gasteiger partial charge in [0.25, 0.3) is 0 Å². The van der Waals surface area contributed by atoms with Gasteiger partial charge in [-0.3, -0.25) is 4.79 Å². The first kappa shape index (κ1) is 17.3. The lowest BCUT2D eigenvalue weighted by molar-refractivity contribution is -0.115. The second-order valence-corrected chi connectivity index (χ2v) is 6.15. The maximum absolute atomic E-state index is 12.6. The molecule has 23 heavy (non-hydrogen) atoms. The van der Waals surface area contributed by atoms with Crippen LogP contribution in [0.1, 0.15) is 26.0 Å². The van der Waals surface area contributed by atoms with E-state index >= 15 is 0 Å². The maximum Gasteiger partial charge on any atom is 0.238 e. The Morgan fingerprint density at radius 3 is 2.78 bits per heavy atom. The fraction of sp³-hybridized carbons (Fsp3) is 0.353. The van der Waals surface area contributed by atoms with E-state index in [0.717, 1.165) is 10.7 Å². The van der Waals surface area contributed by atoms with Gasteiger partial charge in [-0.05, 0) is 38.5 Å². The third-order valence-corrected chi connectivity index (χ3v) is 4.45. The normalized spacial score (nSPS) is 11.8. The van der Waals surface area contributed by atoms with E-state index in [0.29, 0.717) is 24.5 Å². The second-order valence-electron chi connectivity index (χ2n) is 4.93. The van der Waals surface area contributed by atoms with Crippen molar-refractivity contribution in [2.75, 3.05) is 11.9 Å². The van der Waals surface area contributed by atoms with Crippen molar-refractivity contribution in [2.45, 2.75) is 37.5 Å². The van der Waals surface area contributed by atoms with E-state index < -0.39 is 0 Å². The Morgan fingerprint density at radius 1 is 1.30 bits per heavy atom. The summed E-state index contributed by atoms with van der Waals surface area (Å²) in [7, 11) is 0. The summed E-state index contributed by atoms with van der Waals surface area (Å²) in [5.41, 5.74) is 1.58. The van der Waals surface area contributed by atoms with Crippen molar-refractivity contribution < 1.29 is 9.53 Å². The highest BCUT2D eigenvalue weighted by atomic mass is 32.2. The lowest BCUT2D eigenvalue weighted by atomic mass is 10.2. The molecule has 1 unspecified atom stereocenters. The van der Waals surface area contributed by atoms with Crippen molar-refractivity contribution in [2.24, 2.45) is 0 Å². The van der Waals surface area contributed by atoms with Gasteiger partial charge in [-0.15, -0.1) is 0 Å². The third-order valence-electron chi connectivity index (χ3n) is 3.15. The molecule has 122 valence electrons. The number of ether oxygens (including phenoxy) is 1. The molecule has 0 saturated carbocycles. The molecule has 1 heterocycles. The molecule has 0 saturated heterocycles. The molecule has 1 aromatic heterocycles. The molecule has 0 spiro atoms. The Hall–Kier alpha value is -2.08. The minimum atomic E-state index is -0.223. The molecule has 1 N–H and O–H groups in total. The molecule has 0 aliphatic carbocycles. The summed E-state index contributed by atoms with van der Waals surface area (Å²) in [5, 5.41) is 3.53. The summed E-state index contributed by atoms with van der Waals surface area (Å²) < 4.78 is 5.54. The second kappa shape index (κ2) is 8.53. The third kappa shape index (κ3) is 4.96. The number of hydrogen-bond donors (Lipinski definition) is 1. The number of benzene rings is 1. The van der Waals surface area contributed by atoms with Crippen LogP contribution in [0.4, 0.5) is 5.69 Å². The van der Waals surface area contributed by atoms with Gasteiger partial charge in [0.05, 0.1) is 17.5 Å². The average Bonchev–Trinajstić information content (AvgIpc) is 2.54. The van der Waals surface area contributed by atoms with Gasteiger partial charge in [0, 0.05) is 5.69 Å². The number of rotatable bonds is 7. The van der Waals surface area contributed by atoms with E-state index in [9.17, 15) is 4.79 Å². The van der Waals surface area contributed by atoms with Crippen LogP contribution in [0.3, 0.4) is 0 Å². The number of para-hydroxylation sites is 2. The molecule has 0 fully saturated rings. The fourth-order valence-corrected chi connectivity index (χ4v) is 3.00. The lowest BCUT2D eigenvalue weighted by Gasteiger charge is -2.16. The van der Waals surface area contributed by atoms with Crippen molar-refractivity contribution in [3.05, 3.63) is 42.4 Å². The van der Waals surface area contributed by atoms with Crippen LogP contribution < -0.4 is 10.1 Å². The molecule has 0 radical (unpaired) electrons. The maximum atomic E-state index is 12.6. The highest BCUT2D eigenvalue weighted by Gasteiger charge is 2.20. The molecule has 0 bridgehead atoms. The van der Waals surface area contributed by atoms with E-state index in [-0.39, 0.29) is 11.2 Å². The zero-order chi connectivity index (χ0) is 16.7. The minimum Gasteiger partial charge on any atom is -0.492 e. The number of hydrogen-bond acceptors (Lipinski definition) is 5. The van der Waals surface area contributed by atoms with Crippen molar-refractivity contribution in [3.8, 4) is 5.75 Å². The number of anilines is 1. The Balaban J connectivity index is 2.08. The Kier molecular flexibility index (Phi) is 6.40. The van der Waals surface area contributed by atoms with E-state index in [1.165, 1.54) is 18.1 Å². The Labute approximate surface area is 140 Å². The molecule has 1 atom stereocenters. The molecule has 1 amide bonds. The molecular weight excluding hydrogens is 310 g/mol. The molecule has 2 rings (SSSR count). The van der Waals surface area contributed by atoms with Crippen LogP contribution in [0.2, 0.25) is 0 Å². The number of thioether (sulfide) groups is 1. The van der Waals surface area contributed by atoms with Crippen LogP contribution in [-0.2, 0) is 4.79 Å². The molecule has 5 nitrogen and oxygen atoms in total. The average molecular weight is 331 g/mol. The fourth-order valence-electron chi connectivity index (χ4n) is 2.03. The number of carbonyl (C=O) groups is 1. The van der Waals surface area contributed by atoms with Crippen LogP contribution in [0.5, 0.6) is 5.75 Å². The number of aromatic nitrogens is 2. The monoisotopic (exact) mass is 331 g/mol. The smallest absolute Gasteiger partial charge is 0.238 e. The van der Waals surface area contributed by atoms with Gasteiger partial charge < -0.3 is 10.1 Å². The van der Waals surface area contributed by atoms with Gasteiger partial charge in [0.2, 0.25) is 5.91 Å². The van der Waals surface area contributed by atoms with Crippen molar-refractivity contribution in [1.82, 2.24) is 9.97 Å². The minimum absolute atomic E-state index is 0.0547. The van der Waals surface area contributed by atoms with Crippen LogP contribution >= 0.6 is 11.8 Å². The van der Waals surface area contributed by atoms with Crippen LogP contribution in [0.25, 0.3) is 0 Å². The summed E-state index contributed by atoms with van der Waals surface area (Å²) in [6.45, 7) is 6.37. The summed E-state index contributed by atoms with van der Waals surface area (Å²) >= 11 is 1.45. The standard InChI is InChI=1S/C17H21N3O2S/c1-4-15(23-16-10-12(3)18-11-19-16)17(21)20-13-8-6-7-9-14(13)22-5-2/h6-11,15H,4-5H2,1-3H3,(H,20,21). The SMILES string of the molecule is CCOc1ccccc1NC(=O)C(CC)Sc1cc(C)ncn1. The van der Waals surface area contributed by atoms with Gasteiger partial charge in [-0.1, -0.05) is 30.8 Å². The summed E-state index contributed by atoms with van der Waals surface area (Å²) in [5.74, 6) is 0.627. The molecule has 2 aromatic rings. The van der Waals surface area contributed by atoms with Crippen molar-refractivity contribution >= 4 is 23.4 Å². The van der Waals surface area contributed by atoms with Crippen LogP contribution in [0.15, 0.2) is 41.7 Å². The largest absolute Gasteiger partial charge is 0.492 e. The van der Waals surface area contributed by atoms with Gasteiger partial charge in [0.1, 0.15) is 17.1 Å². The Bertz CT molecular complexity index is 664. The van der Waals surface area contributed by atoms with Gasteiger partial charge >= 0.3 is 0 Å². The Morgan fingerprint density at radius 2 is 2.09 bits per heavy atom. The first-order valence-electron chi connectivity index (χ1n) is 7.62. The van der Waals surface area contributed by atoms with E-state index in [4.69, 9.17) is 4.74 Å². The van der Waals surface area contributed by atoms with Crippen LogP contribution in [0, 0.1) is 6.92 Å². The first-order valence-corrected chi connectivity index (χ1v) is 8.50. The molecule has 6 heteroatoms. The number of amides is 1. The van der Waals surface area contributed by atoms with Crippen molar-refractivity contribution in [3.63, 3.8) is 0 Å². The highest BCUT2D eigenvalue weighted by molar-refractivity contribution is 8.00. The zero-order valence-electron chi connectivity index (χ0n) is 13.6. The van der Waals surface area contributed by atoms with E-state index in [2.05, 4.69) is 15.3 Å². The van der Waals surface area contributed by atoms with Crippen LogP contribution in [-0.4, -0.2) is 27.7 Å². The summed E-state index contributed by atoms with van der Waals surface area (Å²) in [4.78, 5) is 20.8. The van der Waals surface area contributed by atoms with Gasteiger partial charge in [0.15, 0.2) is 0 Å². The predicted octanol–water partition coefficient (Wildman–Crippen LogP) is 3.69. The quantitative estimate of drug-likeness (QED) is 0.619. The lowest BCUT2D eigenvalue weighted by Crippen LogP contribution is -2.25. The molecular formula is C17H21N3O2S. The number of aryl methyl sites for hydroxylation is 1. The highest BCUT2D eigenvalue weighted by Crippen LogP contribution is 2.28. The number of nitrogens with zero attached hydrogens (tertiary/aromatic N) is 2. The van der Waals surface area contributed by atoms with Gasteiger partial charge in [-0.25, -0.2) is 9.97 Å². The summed E-state index contributed by atoms with van der Waals surface area (Å²) in [6, 6.07) is 9.33. The summed E-state index contributed by atoms with van der Waals surface area (Å²) in [6.07, 6.45) is 2.23. The molecule has 0 aliphatic heterocycles. The predicted molar refractivity (Wildman–Crippen MR) is 92.9 cm³/mol. The molecule has 1 aromatic carbocycles. The zero-order valence-corrected chi connectivity index (χ0v) is 14.4. The van der Waals surface area contributed by atoms with E-state index in [1.807, 2.05) is 51.1 Å². The van der Waals surface area contributed by atoms with Gasteiger partial charge in [-0.2, -0.15) is 0 Å². The molecule has 0 aliphatic rings. The van der Waals surface area contributed by atoms with Crippen molar-refractivity contribution in [1.29, 1.82) is 0 Å². The topological polar surface area (TPSA) is 64.1 Å². The first-order chi connectivity index (χ1) is 11.1.